The molecule has 37 heavy (non-hydrogen) atoms. The van der Waals surface area contributed by atoms with E-state index in [9.17, 15) is 14.4 Å². The van der Waals surface area contributed by atoms with Crippen LogP contribution in [0, 0.1) is 0 Å². The minimum absolute atomic E-state index is 0.201. The van der Waals surface area contributed by atoms with Gasteiger partial charge >= 0.3 is 5.97 Å². The second-order valence-corrected chi connectivity index (χ2v) is 9.79. The standard InChI is InChI=1S/C29H25N3O4S/c1-19(33)31-24-27(34)32-25(23(18-37-28(24)32)15-14-20-9-8-16-30-17-20)29(35)36-26(21-10-4-2-5-11-21)22-12-6-3-7-13-22/h2-17,24,26,28H,18H2,1H3,(H,31,33)/b15-14+. The van der Waals surface area contributed by atoms with Crippen LogP contribution in [-0.4, -0.2) is 44.8 Å². The fraction of sp³-hybridized carbons (Fsp3) is 0.172. The monoisotopic (exact) mass is 511 g/mol. The summed E-state index contributed by atoms with van der Waals surface area (Å²) in [5.41, 5.74) is 3.38. The van der Waals surface area contributed by atoms with Gasteiger partial charge in [-0.05, 0) is 28.3 Å². The van der Waals surface area contributed by atoms with Gasteiger partial charge in [-0.1, -0.05) is 78.9 Å². The topological polar surface area (TPSA) is 88.6 Å². The summed E-state index contributed by atoms with van der Waals surface area (Å²) < 4.78 is 6.13. The lowest BCUT2D eigenvalue weighted by Gasteiger charge is -2.49. The number of carbonyl (C=O) groups is 3. The van der Waals surface area contributed by atoms with Gasteiger partial charge in [0, 0.05) is 25.1 Å². The van der Waals surface area contributed by atoms with Crippen LogP contribution in [-0.2, 0) is 19.1 Å². The van der Waals surface area contributed by atoms with E-state index in [1.54, 1.807) is 12.4 Å². The number of allylic oxidation sites excluding steroid dienone is 1. The Morgan fingerprint density at radius 2 is 1.70 bits per heavy atom. The summed E-state index contributed by atoms with van der Waals surface area (Å²) in [5.74, 6) is -0.735. The van der Waals surface area contributed by atoms with Gasteiger partial charge in [0.1, 0.15) is 17.1 Å². The fourth-order valence-corrected chi connectivity index (χ4v) is 5.72. The van der Waals surface area contributed by atoms with Gasteiger partial charge in [0.05, 0.1) is 0 Å². The number of nitrogens with zero attached hydrogens (tertiary/aromatic N) is 2. The number of hydrogen-bond donors (Lipinski definition) is 1. The number of ether oxygens (including phenoxy) is 1. The molecule has 2 aromatic carbocycles. The van der Waals surface area contributed by atoms with Crippen molar-refractivity contribution >= 4 is 35.6 Å². The molecule has 8 heteroatoms. The number of nitrogens with one attached hydrogen (secondary N) is 1. The molecule has 3 aromatic rings. The molecule has 2 unspecified atom stereocenters. The summed E-state index contributed by atoms with van der Waals surface area (Å²) in [6.45, 7) is 1.38. The number of rotatable bonds is 7. The van der Waals surface area contributed by atoms with Gasteiger partial charge in [0.2, 0.25) is 5.91 Å². The number of carbonyl (C=O) groups excluding carboxylic acids is 3. The van der Waals surface area contributed by atoms with Crippen molar-refractivity contribution in [2.75, 3.05) is 5.75 Å². The van der Waals surface area contributed by atoms with E-state index in [2.05, 4.69) is 10.3 Å². The van der Waals surface area contributed by atoms with E-state index >= 15 is 0 Å². The highest BCUT2D eigenvalue weighted by Crippen LogP contribution is 2.42. The molecule has 1 N–H and O–H groups in total. The van der Waals surface area contributed by atoms with Crippen LogP contribution in [0.2, 0.25) is 0 Å². The lowest BCUT2D eigenvalue weighted by atomic mass is 10.0. The predicted molar refractivity (Wildman–Crippen MR) is 142 cm³/mol. The molecule has 1 fully saturated rings. The summed E-state index contributed by atoms with van der Waals surface area (Å²) in [5, 5.41) is 2.33. The van der Waals surface area contributed by atoms with Crippen LogP contribution in [0.3, 0.4) is 0 Å². The second kappa shape index (κ2) is 10.8. The Balaban J connectivity index is 1.51. The van der Waals surface area contributed by atoms with Crippen LogP contribution >= 0.6 is 11.8 Å². The first-order valence-electron chi connectivity index (χ1n) is 11.9. The molecule has 1 aromatic heterocycles. The van der Waals surface area contributed by atoms with E-state index in [1.165, 1.54) is 23.6 Å². The highest BCUT2D eigenvalue weighted by Gasteiger charge is 2.54. The number of β-lactam (4-membered cyclic amide) rings is 1. The van der Waals surface area contributed by atoms with Crippen LogP contribution in [0.1, 0.15) is 29.7 Å². The average Bonchev–Trinajstić information content (AvgIpc) is 2.94. The van der Waals surface area contributed by atoms with Gasteiger partial charge in [-0.3, -0.25) is 19.5 Å². The molecule has 2 atom stereocenters. The third kappa shape index (κ3) is 5.20. The molecule has 2 aliphatic rings. The van der Waals surface area contributed by atoms with E-state index in [0.29, 0.717) is 11.3 Å². The lowest BCUT2D eigenvalue weighted by Crippen LogP contribution is -2.70. The Kier molecular flexibility index (Phi) is 7.18. The van der Waals surface area contributed by atoms with Crippen LogP contribution < -0.4 is 5.32 Å². The molecule has 3 heterocycles. The van der Waals surface area contributed by atoms with Gasteiger partial charge in [0.25, 0.3) is 5.91 Å². The lowest BCUT2D eigenvalue weighted by molar-refractivity contribution is -0.154. The van der Waals surface area contributed by atoms with Crippen LogP contribution in [0.4, 0.5) is 0 Å². The summed E-state index contributed by atoms with van der Waals surface area (Å²) in [6.07, 6.45) is 6.44. The summed E-state index contributed by atoms with van der Waals surface area (Å²) in [7, 11) is 0. The maximum Gasteiger partial charge on any atom is 0.356 e. The van der Waals surface area contributed by atoms with Crippen LogP contribution in [0.15, 0.2) is 103 Å². The molecule has 2 aliphatic heterocycles. The molecular weight excluding hydrogens is 486 g/mol. The first kappa shape index (κ1) is 24.5. The summed E-state index contributed by atoms with van der Waals surface area (Å²) >= 11 is 1.50. The Bertz CT molecular complexity index is 1320. The molecule has 5 rings (SSSR count). The average molecular weight is 512 g/mol. The predicted octanol–water partition coefficient (Wildman–Crippen LogP) is 4.10. The van der Waals surface area contributed by atoms with E-state index < -0.39 is 18.1 Å². The minimum Gasteiger partial charge on any atom is -0.448 e. The van der Waals surface area contributed by atoms with Gasteiger partial charge < -0.3 is 10.1 Å². The first-order valence-corrected chi connectivity index (χ1v) is 12.9. The highest BCUT2D eigenvalue weighted by molar-refractivity contribution is 8.00. The first-order chi connectivity index (χ1) is 18.0. The molecule has 0 saturated carbocycles. The largest absolute Gasteiger partial charge is 0.448 e. The number of esters is 1. The maximum atomic E-state index is 13.8. The van der Waals surface area contributed by atoms with Gasteiger partial charge in [-0.25, -0.2) is 4.79 Å². The van der Waals surface area contributed by atoms with Crippen molar-refractivity contribution in [3.63, 3.8) is 0 Å². The molecule has 0 aliphatic carbocycles. The molecule has 1 saturated heterocycles. The van der Waals surface area contributed by atoms with E-state index in [0.717, 1.165) is 16.7 Å². The van der Waals surface area contributed by atoms with E-state index in [1.807, 2.05) is 84.9 Å². The van der Waals surface area contributed by atoms with E-state index in [-0.39, 0.29) is 22.9 Å². The van der Waals surface area contributed by atoms with Crippen LogP contribution in [0.25, 0.3) is 6.08 Å². The van der Waals surface area contributed by atoms with Crippen molar-refractivity contribution in [3.8, 4) is 0 Å². The normalized spacial score (nSPS) is 19.0. The van der Waals surface area contributed by atoms with Crippen molar-refractivity contribution < 1.29 is 19.1 Å². The SMILES string of the molecule is CC(=O)NC1C(=O)N2C(C(=O)OC(c3ccccc3)c3ccccc3)=C(/C=C/c3cccnc3)CSC12. The third-order valence-electron chi connectivity index (χ3n) is 6.14. The van der Waals surface area contributed by atoms with Crippen molar-refractivity contribution in [2.45, 2.75) is 24.4 Å². The molecule has 0 bridgehead atoms. The van der Waals surface area contributed by atoms with Gasteiger partial charge in [0.15, 0.2) is 6.10 Å². The second-order valence-electron chi connectivity index (χ2n) is 8.69. The number of fused-ring (bicyclic) bond motifs is 1. The molecule has 2 amide bonds. The van der Waals surface area contributed by atoms with Gasteiger partial charge in [-0.2, -0.15) is 0 Å². The summed E-state index contributed by atoms with van der Waals surface area (Å²) in [6, 6.07) is 22.1. The number of pyridine rings is 1. The molecule has 186 valence electrons. The third-order valence-corrected chi connectivity index (χ3v) is 7.44. The van der Waals surface area contributed by atoms with Crippen molar-refractivity contribution in [2.24, 2.45) is 0 Å². The van der Waals surface area contributed by atoms with E-state index in [4.69, 9.17) is 4.74 Å². The zero-order valence-electron chi connectivity index (χ0n) is 20.1. The highest BCUT2D eigenvalue weighted by atomic mass is 32.2. The smallest absolute Gasteiger partial charge is 0.356 e. The Morgan fingerprint density at radius 3 is 2.30 bits per heavy atom. The zero-order valence-corrected chi connectivity index (χ0v) is 20.9. The molecule has 0 spiro atoms. The molecule has 7 nitrogen and oxygen atoms in total. The number of benzene rings is 2. The maximum absolute atomic E-state index is 13.8. The van der Waals surface area contributed by atoms with Crippen LogP contribution in [0.5, 0.6) is 0 Å². The Hall–Kier alpha value is -4.17. The van der Waals surface area contributed by atoms with Gasteiger partial charge in [-0.15, -0.1) is 11.8 Å². The Morgan fingerprint density at radius 1 is 1.03 bits per heavy atom. The number of hydrogen-bond acceptors (Lipinski definition) is 6. The number of aromatic nitrogens is 1. The quantitative estimate of drug-likeness (QED) is 0.380. The molecular formula is C29H25N3O4S. The van der Waals surface area contributed by atoms with Crippen molar-refractivity contribution in [1.82, 2.24) is 15.2 Å². The number of amides is 2. The fourth-order valence-electron chi connectivity index (χ4n) is 4.40. The number of thioether (sulfide) groups is 1. The van der Waals surface area contributed by atoms with Crippen molar-refractivity contribution in [3.05, 3.63) is 119 Å². The Labute approximate surface area is 219 Å². The zero-order chi connectivity index (χ0) is 25.8. The summed E-state index contributed by atoms with van der Waals surface area (Å²) in [4.78, 5) is 44.2. The minimum atomic E-state index is -0.673. The van der Waals surface area contributed by atoms with Crippen molar-refractivity contribution in [1.29, 1.82) is 0 Å². The molecule has 0 radical (unpaired) electrons.